The van der Waals surface area contributed by atoms with Crippen LogP contribution in [0.5, 0.6) is 0 Å². The molecule has 0 aromatic heterocycles. The van der Waals surface area contributed by atoms with E-state index >= 15 is 0 Å². The number of anilines is 2. The van der Waals surface area contributed by atoms with Crippen LogP contribution in [0.3, 0.4) is 0 Å². The molecular weight excluding hydrogens is 200 g/mol. The van der Waals surface area contributed by atoms with E-state index < -0.39 is 0 Å². The molecule has 1 aliphatic heterocycles. The van der Waals surface area contributed by atoms with Crippen LogP contribution in [0.4, 0.5) is 11.4 Å². The van der Waals surface area contributed by atoms with Crippen molar-refractivity contribution in [3.05, 3.63) is 24.3 Å². The molecule has 1 aromatic carbocycles. The predicted octanol–water partition coefficient (Wildman–Crippen LogP) is 3.06. The van der Waals surface area contributed by atoms with Gasteiger partial charge in [-0.15, -0.1) is 0 Å². The minimum absolute atomic E-state index is 0.0847. The van der Waals surface area contributed by atoms with Crippen LogP contribution in [0.1, 0.15) is 27.2 Å². The van der Waals surface area contributed by atoms with Crippen LogP contribution in [0.25, 0.3) is 0 Å². The van der Waals surface area contributed by atoms with E-state index in [2.05, 4.69) is 43.5 Å². The molecule has 0 saturated heterocycles. The Balaban J connectivity index is 1.93. The maximum absolute atomic E-state index is 5.59. The lowest BCUT2D eigenvalue weighted by atomic mass is 10.1. The van der Waals surface area contributed by atoms with Gasteiger partial charge in [-0.25, -0.2) is 0 Å². The molecule has 88 valence electrons. The number of nitrogens with one attached hydrogen (secondary N) is 2. The maximum Gasteiger partial charge on any atom is 0.107 e. The normalized spacial score (nSPS) is 16.8. The van der Waals surface area contributed by atoms with Crippen LogP contribution in [-0.4, -0.2) is 18.4 Å². The number of hydrogen-bond donors (Lipinski definition) is 2. The molecular formula is C13H20N2O. The summed E-state index contributed by atoms with van der Waals surface area (Å²) in [7, 11) is 0. The van der Waals surface area contributed by atoms with Gasteiger partial charge in [-0.3, -0.25) is 0 Å². The lowest BCUT2D eigenvalue weighted by Crippen LogP contribution is -2.39. The molecule has 1 aliphatic rings. The first-order valence-corrected chi connectivity index (χ1v) is 5.86. The van der Waals surface area contributed by atoms with E-state index in [9.17, 15) is 0 Å². The van der Waals surface area contributed by atoms with Gasteiger partial charge in [-0.05, 0) is 32.9 Å². The molecule has 0 amide bonds. The molecule has 1 aromatic rings. The Hall–Kier alpha value is -1.22. The number of fused-ring (bicyclic) bond motifs is 1. The Kier molecular flexibility index (Phi) is 3.06. The third-order valence-corrected chi connectivity index (χ3v) is 2.80. The van der Waals surface area contributed by atoms with E-state index in [-0.39, 0.29) is 5.66 Å². The van der Waals surface area contributed by atoms with Crippen molar-refractivity contribution >= 4 is 11.4 Å². The minimum atomic E-state index is -0.0847. The monoisotopic (exact) mass is 220 g/mol. The largest absolute Gasteiger partial charge is 0.379 e. The second-order valence-electron chi connectivity index (χ2n) is 4.80. The van der Waals surface area contributed by atoms with Gasteiger partial charge in [0.25, 0.3) is 0 Å². The Labute approximate surface area is 97.2 Å². The van der Waals surface area contributed by atoms with Gasteiger partial charge in [-0.1, -0.05) is 12.1 Å². The standard InChI is InChI=1S/C13H20N2O/c1-10(2)16-9-8-13(3)14-11-6-4-5-7-12(11)15-13/h4-7,10,14-15H,8-9H2,1-3H3. The van der Waals surface area contributed by atoms with Crippen molar-refractivity contribution in [3.63, 3.8) is 0 Å². The first-order chi connectivity index (χ1) is 7.59. The molecule has 1 heterocycles. The van der Waals surface area contributed by atoms with Crippen molar-refractivity contribution in [2.24, 2.45) is 0 Å². The molecule has 16 heavy (non-hydrogen) atoms. The lowest BCUT2D eigenvalue weighted by molar-refractivity contribution is 0.0705. The van der Waals surface area contributed by atoms with Crippen LogP contribution in [0, 0.1) is 0 Å². The van der Waals surface area contributed by atoms with Crippen molar-refractivity contribution in [3.8, 4) is 0 Å². The molecule has 3 heteroatoms. The van der Waals surface area contributed by atoms with Crippen LogP contribution in [-0.2, 0) is 4.74 Å². The fourth-order valence-corrected chi connectivity index (χ4v) is 1.95. The zero-order chi connectivity index (χ0) is 11.6. The van der Waals surface area contributed by atoms with E-state index in [0.29, 0.717) is 6.10 Å². The van der Waals surface area contributed by atoms with E-state index in [1.54, 1.807) is 0 Å². The van der Waals surface area contributed by atoms with Gasteiger partial charge in [0.05, 0.1) is 24.1 Å². The van der Waals surface area contributed by atoms with Crippen molar-refractivity contribution in [1.82, 2.24) is 0 Å². The van der Waals surface area contributed by atoms with Crippen molar-refractivity contribution < 1.29 is 4.74 Å². The van der Waals surface area contributed by atoms with E-state index in [4.69, 9.17) is 4.74 Å². The molecule has 0 fully saturated rings. The summed E-state index contributed by atoms with van der Waals surface area (Å²) < 4.78 is 5.59. The summed E-state index contributed by atoms with van der Waals surface area (Å²) in [5, 5.41) is 6.99. The Morgan fingerprint density at radius 2 is 1.75 bits per heavy atom. The second kappa shape index (κ2) is 4.34. The fourth-order valence-electron chi connectivity index (χ4n) is 1.95. The third-order valence-electron chi connectivity index (χ3n) is 2.80. The molecule has 0 aliphatic carbocycles. The molecule has 2 rings (SSSR count). The topological polar surface area (TPSA) is 33.3 Å². The third kappa shape index (κ3) is 2.47. The average Bonchev–Trinajstić information content (AvgIpc) is 2.53. The van der Waals surface area contributed by atoms with Crippen molar-refractivity contribution in [1.29, 1.82) is 0 Å². The molecule has 0 spiro atoms. The summed E-state index contributed by atoms with van der Waals surface area (Å²) in [6, 6.07) is 8.28. The number of ether oxygens (including phenoxy) is 1. The van der Waals surface area contributed by atoms with Gasteiger partial charge in [0.15, 0.2) is 0 Å². The SMILES string of the molecule is CC(C)OCCC1(C)Nc2ccccc2N1. The summed E-state index contributed by atoms with van der Waals surface area (Å²) in [5.41, 5.74) is 2.27. The summed E-state index contributed by atoms with van der Waals surface area (Å²) in [6.07, 6.45) is 1.24. The predicted molar refractivity (Wildman–Crippen MR) is 67.8 cm³/mol. The first-order valence-electron chi connectivity index (χ1n) is 5.86. The Bertz CT molecular complexity index is 338. The zero-order valence-electron chi connectivity index (χ0n) is 10.2. The maximum atomic E-state index is 5.59. The van der Waals surface area contributed by atoms with Crippen LogP contribution in [0.15, 0.2) is 24.3 Å². The Morgan fingerprint density at radius 1 is 1.19 bits per heavy atom. The van der Waals surface area contributed by atoms with Crippen LogP contribution < -0.4 is 10.6 Å². The Morgan fingerprint density at radius 3 is 2.25 bits per heavy atom. The number of para-hydroxylation sites is 2. The van der Waals surface area contributed by atoms with E-state index in [1.807, 2.05) is 12.1 Å². The van der Waals surface area contributed by atoms with Gasteiger partial charge in [0, 0.05) is 6.42 Å². The van der Waals surface area contributed by atoms with Gasteiger partial charge in [0.1, 0.15) is 5.66 Å². The molecule has 0 bridgehead atoms. The molecule has 0 saturated carbocycles. The van der Waals surface area contributed by atoms with Crippen molar-refractivity contribution in [2.45, 2.75) is 39.0 Å². The fraction of sp³-hybridized carbons (Fsp3) is 0.538. The van der Waals surface area contributed by atoms with Crippen molar-refractivity contribution in [2.75, 3.05) is 17.2 Å². The van der Waals surface area contributed by atoms with Gasteiger partial charge in [0.2, 0.25) is 0 Å². The summed E-state index contributed by atoms with van der Waals surface area (Å²) >= 11 is 0. The van der Waals surface area contributed by atoms with Crippen LogP contribution in [0.2, 0.25) is 0 Å². The van der Waals surface area contributed by atoms with Crippen LogP contribution >= 0.6 is 0 Å². The molecule has 0 atom stereocenters. The van der Waals surface area contributed by atoms with E-state index in [0.717, 1.165) is 13.0 Å². The minimum Gasteiger partial charge on any atom is -0.379 e. The molecule has 2 N–H and O–H groups in total. The van der Waals surface area contributed by atoms with E-state index in [1.165, 1.54) is 11.4 Å². The lowest BCUT2D eigenvalue weighted by Gasteiger charge is -2.26. The number of rotatable bonds is 4. The summed E-state index contributed by atoms with van der Waals surface area (Å²) in [4.78, 5) is 0. The molecule has 3 nitrogen and oxygen atoms in total. The van der Waals surface area contributed by atoms with Gasteiger partial charge in [-0.2, -0.15) is 0 Å². The number of hydrogen-bond acceptors (Lipinski definition) is 3. The second-order valence-corrected chi connectivity index (χ2v) is 4.80. The quantitative estimate of drug-likeness (QED) is 0.818. The highest BCUT2D eigenvalue weighted by molar-refractivity contribution is 5.75. The zero-order valence-corrected chi connectivity index (χ0v) is 10.2. The molecule has 0 radical (unpaired) electrons. The van der Waals surface area contributed by atoms with Gasteiger partial charge >= 0.3 is 0 Å². The summed E-state index contributed by atoms with van der Waals surface area (Å²) in [6.45, 7) is 7.05. The highest BCUT2D eigenvalue weighted by Crippen LogP contribution is 2.34. The average molecular weight is 220 g/mol. The van der Waals surface area contributed by atoms with Gasteiger partial charge < -0.3 is 15.4 Å². The highest BCUT2D eigenvalue weighted by Gasteiger charge is 2.30. The highest BCUT2D eigenvalue weighted by atomic mass is 16.5. The first kappa shape index (κ1) is 11.3. The molecule has 0 unspecified atom stereocenters. The summed E-state index contributed by atoms with van der Waals surface area (Å²) in [5.74, 6) is 0. The smallest absolute Gasteiger partial charge is 0.107 e. The number of benzene rings is 1.